The van der Waals surface area contributed by atoms with Gasteiger partial charge in [-0.3, -0.25) is 4.72 Å². The van der Waals surface area contributed by atoms with E-state index in [4.69, 9.17) is 0 Å². The van der Waals surface area contributed by atoms with Crippen LogP contribution in [0.15, 0.2) is 41.3 Å². The molecule has 0 unspecified atom stereocenters. The van der Waals surface area contributed by atoms with Gasteiger partial charge in [0.15, 0.2) is 0 Å². The zero-order valence-electron chi connectivity index (χ0n) is 14.1. The second kappa shape index (κ2) is 5.87. The van der Waals surface area contributed by atoms with E-state index in [1.54, 1.807) is 30.3 Å². The molecule has 0 aliphatic rings. The molecule has 0 aliphatic carbocycles. The average Bonchev–Trinajstić information content (AvgIpc) is 2.51. The highest BCUT2D eigenvalue weighted by Gasteiger charge is 2.15. The Morgan fingerprint density at radius 1 is 0.792 bits per heavy atom. The summed E-state index contributed by atoms with van der Waals surface area (Å²) in [5, 5.41) is 0. The lowest BCUT2D eigenvalue weighted by Gasteiger charge is -2.10. The normalized spacial score (nSPS) is 11.7. The summed E-state index contributed by atoms with van der Waals surface area (Å²) in [6.45, 7) is 7.63. The van der Waals surface area contributed by atoms with Gasteiger partial charge in [-0.05, 0) is 69.2 Å². The molecule has 0 fully saturated rings. The second-order valence-corrected chi connectivity index (χ2v) is 7.63. The molecule has 0 saturated carbocycles. The Morgan fingerprint density at radius 2 is 1.46 bits per heavy atom. The number of rotatable bonds is 3. The van der Waals surface area contributed by atoms with Gasteiger partial charge in [-0.1, -0.05) is 6.07 Å². The van der Waals surface area contributed by atoms with Crippen LogP contribution in [0, 0.1) is 27.7 Å². The maximum atomic E-state index is 12.6. The van der Waals surface area contributed by atoms with Crippen molar-refractivity contribution >= 4 is 26.7 Å². The van der Waals surface area contributed by atoms with E-state index in [0.717, 1.165) is 28.0 Å². The number of anilines is 1. The molecule has 1 N–H and O–H groups in total. The molecular formula is C18H19N3O2S. The Balaban J connectivity index is 1.98. The number of benzene rings is 2. The van der Waals surface area contributed by atoms with E-state index >= 15 is 0 Å². The first-order valence-corrected chi connectivity index (χ1v) is 9.10. The first-order chi connectivity index (χ1) is 11.3. The Kier molecular flexibility index (Phi) is 4.01. The molecule has 0 aliphatic heterocycles. The lowest BCUT2D eigenvalue weighted by molar-refractivity contribution is 0.601. The number of hydrogen-bond donors (Lipinski definition) is 1. The minimum Gasteiger partial charge on any atom is -0.280 e. The molecule has 0 radical (unpaired) electrons. The van der Waals surface area contributed by atoms with Crippen LogP contribution >= 0.6 is 0 Å². The SMILES string of the molecule is Cc1ccc(S(=O)(=O)Nc2ccc3nc(C)c(C)nc3c2)cc1C. The summed E-state index contributed by atoms with van der Waals surface area (Å²) < 4.78 is 27.8. The smallest absolute Gasteiger partial charge is 0.261 e. The zero-order chi connectivity index (χ0) is 17.5. The monoisotopic (exact) mass is 341 g/mol. The average molecular weight is 341 g/mol. The van der Waals surface area contributed by atoms with Crippen LogP contribution in [0.2, 0.25) is 0 Å². The Labute approximate surface area is 141 Å². The summed E-state index contributed by atoms with van der Waals surface area (Å²) in [4.78, 5) is 9.17. The Bertz CT molecular complexity index is 1040. The van der Waals surface area contributed by atoms with Crippen molar-refractivity contribution in [1.29, 1.82) is 0 Å². The summed E-state index contributed by atoms with van der Waals surface area (Å²) in [7, 11) is -3.64. The molecule has 0 bridgehead atoms. The van der Waals surface area contributed by atoms with Gasteiger partial charge in [-0.15, -0.1) is 0 Å². The predicted octanol–water partition coefficient (Wildman–Crippen LogP) is 3.66. The van der Waals surface area contributed by atoms with Crippen molar-refractivity contribution in [3.63, 3.8) is 0 Å². The van der Waals surface area contributed by atoms with Crippen LogP contribution < -0.4 is 4.72 Å². The summed E-state index contributed by atoms with van der Waals surface area (Å²) in [5.41, 5.74) is 5.57. The van der Waals surface area contributed by atoms with Crippen molar-refractivity contribution in [2.45, 2.75) is 32.6 Å². The van der Waals surface area contributed by atoms with Gasteiger partial charge < -0.3 is 0 Å². The third-order valence-corrected chi connectivity index (χ3v) is 5.50. The third kappa shape index (κ3) is 3.10. The number of aryl methyl sites for hydroxylation is 4. The maximum Gasteiger partial charge on any atom is 0.261 e. The molecule has 2 aromatic carbocycles. The first kappa shape index (κ1) is 16.4. The van der Waals surface area contributed by atoms with Gasteiger partial charge in [-0.2, -0.15) is 0 Å². The van der Waals surface area contributed by atoms with E-state index in [2.05, 4.69) is 14.7 Å². The van der Waals surface area contributed by atoms with E-state index in [1.807, 2.05) is 33.8 Å². The Morgan fingerprint density at radius 3 is 2.12 bits per heavy atom. The molecule has 3 aromatic rings. The summed E-state index contributed by atoms with van der Waals surface area (Å²) in [6, 6.07) is 10.3. The lowest BCUT2D eigenvalue weighted by Crippen LogP contribution is -2.13. The van der Waals surface area contributed by atoms with Crippen molar-refractivity contribution < 1.29 is 8.42 Å². The Hall–Kier alpha value is -2.47. The number of sulfonamides is 1. The van der Waals surface area contributed by atoms with E-state index in [-0.39, 0.29) is 4.90 Å². The minimum absolute atomic E-state index is 0.247. The number of fused-ring (bicyclic) bond motifs is 1. The van der Waals surface area contributed by atoms with Crippen LogP contribution in [0.5, 0.6) is 0 Å². The lowest BCUT2D eigenvalue weighted by atomic mass is 10.1. The summed E-state index contributed by atoms with van der Waals surface area (Å²) >= 11 is 0. The standard InChI is InChI=1S/C18H19N3O2S/c1-11-5-7-16(9-12(11)2)24(22,23)21-15-6-8-17-18(10-15)20-14(4)13(3)19-17/h5-10,21H,1-4H3. The van der Waals surface area contributed by atoms with Crippen LogP contribution in [0.25, 0.3) is 11.0 Å². The van der Waals surface area contributed by atoms with Crippen molar-refractivity contribution in [3.8, 4) is 0 Å². The molecular weight excluding hydrogens is 322 g/mol. The highest BCUT2D eigenvalue weighted by atomic mass is 32.2. The molecule has 0 saturated heterocycles. The fourth-order valence-electron chi connectivity index (χ4n) is 2.39. The number of nitrogens with one attached hydrogen (secondary N) is 1. The molecule has 1 heterocycles. The number of hydrogen-bond acceptors (Lipinski definition) is 4. The van der Waals surface area contributed by atoms with Crippen LogP contribution in [0.4, 0.5) is 5.69 Å². The molecule has 3 rings (SSSR count). The molecule has 5 nitrogen and oxygen atoms in total. The van der Waals surface area contributed by atoms with Gasteiger partial charge >= 0.3 is 0 Å². The van der Waals surface area contributed by atoms with Crippen LogP contribution in [0.1, 0.15) is 22.5 Å². The molecule has 6 heteroatoms. The van der Waals surface area contributed by atoms with Crippen molar-refractivity contribution in [2.24, 2.45) is 0 Å². The van der Waals surface area contributed by atoms with E-state index in [0.29, 0.717) is 11.2 Å². The van der Waals surface area contributed by atoms with E-state index < -0.39 is 10.0 Å². The third-order valence-electron chi connectivity index (χ3n) is 4.12. The summed E-state index contributed by atoms with van der Waals surface area (Å²) in [5.74, 6) is 0. The number of aromatic nitrogens is 2. The molecule has 1 aromatic heterocycles. The highest BCUT2D eigenvalue weighted by molar-refractivity contribution is 7.92. The van der Waals surface area contributed by atoms with E-state index in [9.17, 15) is 8.42 Å². The predicted molar refractivity (Wildman–Crippen MR) is 95.7 cm³/mol. The highest BCUT2D eigenvalue weighted by Crippen LogP contribution is 2.22. The fraction of sp³-hybridized carbons (Fsp3) is 0.222. The molecule has 0 atom stereocenters. The zero-order valence-corrected chi connectivity index (χ0v) is 14.9. The van der Waals surface area contributed by atoms with Gasteiger partial charge in [0.2, 0.25) is 0 Å². The van der Waals surface area contributed by atoms with Gasteiger partial charge in [-0.25, -0.2) is 18.4 Å². The molecule has 0 spiro atoms. The van der Waals surface area contributed by atoms with Crippen LogP contribution in [-0.2, 0) is 10.0 Å². The van der Waals surface area contributed by atoms with Gasteiger partial charge in [0.25, 0.3) is 10.0 Å². The van der Waals surface area contributed by atoms with Crippen molar-refractivity contribution in [1.82, 2.24) is 9.97 Å². The van der Waals surface area contributed by atoms with E-state index in [1.165, 1.54) is 0 Å². The fourth-order valence-corrected chi connectivity index (χ4v) is 3.52. The van der Waals surface area contributed by atoms with Gasteiger partial charge in [0.1, 0.15) is 0 Å². The largest absolute Gasteiger partial charge is 0.280 e. The van der Waals surface area contributed by atoms with Crippen molar-refractivity contribution in [3.05, 3.63) is 58.9 Å². The van der Waals surface area contributed by atoms with Gasteiger partial charge in [0.05, 0.1) is 33.0 Å². The maximum absolute atomic E-state index is 12.6. The van der Waals surface area contributed by atoms with Crippen LogP contribution in [0.3, 0.4) is 0 Å². The molecule has 0 amide bonds. The summed E-state index contributed by atoms with van der Waals surface area (Å²) in [6.07, 6.45) is 0. The first-order valence-electron chi connectivity index (χ1n) is 7.61. The quantitative estimate of drug-likeness (QED) is 0.789. The number of nitrogens with zero attached hydrogens (tertiary/aromatic N) is 2. The van der Waals surface area contributed by atoms with Crippen molar-refractivity contribution in [2.75, 3.05) is 4.72 Å². The molecule has 24 heavy (non-hydrogen) atoms. The second-order valence-electron chi connectivity index (χ2n) is 5.95. The topological polar surface area (TPSA) is 72.0 Å². The van der Waals surface area contributed by atoms with Crippen LogP contribution in [-0.4, -0.2) is 18.4 Å². The minimum atomic E-state index is -3.64. The van der Waals surface area contributed by atoms with Gasteiger partial charge in [0, 0.05) is 0 Å². The molecule has 124 valence electrons.